The van der Waals surface area contributed by atoms with E-state index in [1.165, 1.54) is 16.3 Å². The number of hydrogen-bond donors (Lipinski definition) is 0. The van der Waals surface area contributed by atoms with Crippen molar-refractivity contribution >= 4 is 21.8 Å². The molecular weight excluding hydrogens is 566 g/mol. The van der Waals surface area contributed by atoms with Crippen LogP contribution in [-0.4, -0.2) is 24.1 Å². The second kappa shape index (κ2) is 11.1. The first-order chi connectivity index (χ1) is 22.5. The molecule has 0 fully saturated rings. The zero-order chi connectivity index (χ0) is 31.2. The molecule has 0 bridgehead atoms. The zero-order valence-corrected chi connectivity index (χ0v) is 25.4. The lowest BCUT2D eigenvalue weighted by atomic mass is 10.00. The van der Waals surface area contributed by atoms with Gasteiger partial charge < -0.3 is 0 Å². The summed E-state index contributed by atoms with van der Waals surface area (Å²) in [4.78, 5) is 27.2. The Hall–Kier alpha value is -6.14. The molecule has 0 amide bonds. The minimum absolute atomic E-state index is 0.0364. The van der Waals surface area contributed by atoms with E-state index in [0.29, 0.717) is 17.5 Å². The van der Waals surface area contributed by atoms with Gasteiger partial charge in [0.2, 0.25) is 0 Å². The molecule has 0 aliphatic rings. The third kappa shape index (κ3) is 4.86. The molecule has 0 saturated carbocycles. The molecule has 2 heterocycles. The molecule has 2 aromatic heterocycles. The largest absolute Gasteiger partial charge is 0.328 e. The molecule has 8 aromatic rings. The Morgan fingerprint density at radius 2 is 0.826 bits per heavy atom. The Morgan fingerprint density at radius 3 is 1.43 bits per heavy atom. The van der Waals surface area contributed by atoms with E-state index in [1.54, 1.807) is 23.2 Å². The topological polar surface area (TPSA) is 65.6 Å². The first-order valence-corrected chi connectivity index (χ1v) is 15.2. The molecule has 0 unspecified atom stereocenters. The normalized spacial score (nSPS) is 11.3. The summed E-state index contributed by atoms with van der Waals surface area (Å²) in [5.74, 6) is 1.85. The molecule has 0 aliphatic carbocycles. The molecule has 0 spiro atoms. The molecule has 46 heavy (non-hydrogen) atoms. The summed E-state index contributed by atoms with van der Waals surface area (Å²) >= 11 is 0. The summed E-state index contributed by atoms with van der Waals surface area (Å²) in [5.41, 5.74) is 8.90. The van der Waals surface area contributed by atoms with Crippen LogP contribution >= 0.6 is 0 Å². The van der Waals surface area contributed by atoms with Gasteiger partial charge in [-0.1, -0.05) is 121 Å². The van der Waals surface area contributed by atoms with Crippen LogP contribution in [0, 0.1) is 0 Å². The van der Waals surface area contributed by atoms with Crippen molar-refractivity contribution in [1.29, 1.82) is 0 Å². The van der Waals surface area contributed by atoms with Crippen LogP contribution in [0.3, 0.4) is 0 Å². The number of aromatic nitrogens is 5. The Morgan fingerprint density at radius 1 is 0.391 bits per heavy atom. The van der Waals surface area contributed by atoms with Gasteiger partial charge in [-0.3, -0.25) is 9.13 Å². The van der Waals surface area contributed by atoms with Gasteiger partial charge in [0.15, 0.2) is 17.5 Å². The number of fused-ring (bicyclic) bond motifs is 2. The van der Waals surface area contributed by atoms with Crippen LogP contribution in [0.4, 0.5) is 0 Å². The Bertz CT molecular complexity index is 2440. The molecule has 6 nitrogen and oxygen atoms in total. The second-order valence-electron chi connectivity index (χ2n) is 11.5. The maximum absolute atomic E-state index is 12.4. The van der Waals surface area contributed by atoms with Gasteiger partial charge in [0.05, 0.1) is 11.0 Å². The molecule has 0 saturated heterocycles. The van der Waals surface area contributed by atoms with Gasteiger partial charge in [0.1, 0.15) is 0 Å². The van der Waals surface area contributed by atoms with Crippen LogP contribution in [0.2, 0.25) is 0 Å². The van der Waals surface area contributed by atoms with E-state index < -0.39 is 0 Å². The lowest BCUT2D eigenvalue weighted by molar-refractivity contribution is 0.795. The molecule has 220 valence electrons. The van der Waals surface area contributed by atoms with Crippen LogP contribution in [-0.2, 0) is 14.1 Å². The maximum Gasteiger partial charge on any atom is 0.328 e. The first kappa shape index (κ1) is 27.4. The Kier molecular flexibility index (Phi) is 6.61. The maximum atomic E-state index is 12.4. The summed E-state index contributed by atoms with van der Waals surface area (Å²) < 4.78 is 3.35. The smallest absolute Gasteiger partial charge is 0.295 e. The predicted octanol–water partition coefficient (Wildman–Crippen LogP) is 8.55. The second-order valence-corrected chi connectivity index (χ2v) is 11.5. The van der Waals surface area contributed by atoms with E-state index in [2.05, 4.69) is 84.9 Å². The van der Waals surface area contributed by atoms with Gasteiger partial charge in [-0.05, 0) is 51.2 Å². The predicted molar refractivity (Wildman–Crippen MR) is 186 cm³/mol. The number of benzene rings is 6. The van der Waals surface area contributed by atoms with Crippen LogP contribution in [0.5, 0.6) is 0 Å². The van der Waals surface area contributed by atoms with Crippen molar-refractivity contribution in [3.8, 4) is 56.4 Å². The third-order valence-corrected chi connectivity index (χ3v) is 8.64. The minimum atomic E-state index is -0.0364. The molecule has 0 aliphatic heterocycles. The molecule has 6 aromatic carbocycles. The molecule has 8 rings (SSSR count). The van der Waals surface area contributed by atoms with Crippen LogP contribution in [0.25, 0.3) is 78.2 Å². The average molecular weight is 596 g/mol. The van der Waals surface area contributed by atoms with Crippen molar-refractivity contribution in [2.75, 3.05) is 0 Å². The lowest BCUT2D eigenvalue weighted by Gasteiger charge is -2.10. The molecular formula is C40H29N5O. The van der Waals surface area contributed by atoms with Gasteiger partial charge in [0, 0.05) is 30.8 Å². The van der Waals surface area contributed by atoms with Gasteiger partial charge in [-0.25, -0.2) is 19.7 Å². The van der Waals surface area contributed by atoms with Gasteiger partial charge in [0.25, 0.3) is 0 Å². The minimum Gasteiger partial charge on any atom is -0.295 e. The fourth-order valence-electron chi connectivity index (χ4n) is 6.03. The Labute approximate surface area is 265 Å². The summed E-state index contributed by atoms with van der Waals surface area (Å²) in [6.45, 7) is 0. The van der Waals surface area contributed by atoms with Crippen molar-refractivity contribution in [1.82, 2.24) is 24.1 Å². The quantitative estimate of drug-likeness (QED) is 0.200. The lowest BCUT2D eigenvalue weighted by Crippen LogP contribution is -2.19. The fourth-order valence-corrected chi connectivity index (χ4v) is 6.03. The highest BCUT2D eigenvalue weighted by Gasteiger charge is 2.14. The van der Waals surface area contributed by atoms with E-state index >= 15 is 0 Å². The first-order valence-electron chi connectivity index (χ1n) is 15.2. The number of rotatable bonds is 5. The molecule has 6 heteroatoms. The number of nitrogens with zero attached hydrogens (tertiary/aromatic N) is 5. The SMILES string of the molecule is Cn1c(=O)n(C)c2cc(-c3ccc(-c4nc(-c5ccccc5)nc(-c5ccc(-c6ccc7ccccc7c6)cc5)n4)cc3)ccc21. The van der Waals surface area contributed by atoms with E-state index in [4.69, 9.17) is 15.0 Å². The van der Waals surface area contributed by atoms with Gasteiger partial charge in [-0.15, -0.1) is 0 Å². The highest BCUT2D eigenvalue weighted by Crippen LogP contribution is 2.30. The Balaban J connectivity index is 1.16. The van der Waals surface area contributed by atoms with Crippen molar-refractivity contribution in [2.24, 2.45) is 14.1 Å². The average Bonchev–Trinajstić information content (AvgIpc) is 3.34. The van der Waals surface area contributed by atoms with Crippen LogP contribution in [0.1, 0.15) is 0 Å². The monoisotopic (exact) mass is 595 g/mol. The van der Waals surface area contributed by atoms with Crippen LogP contribution < -0.4 is 5.69 Å². The summed E-state index contributed by atoms with van der Waals surface area (Å²) in [7, 11) is 3.60. The summed E-state index contributed by atoms with van der Waals surface area (Å²) in [5, 5.41) is 2.45. The number of imidazole rings is 1. The van der Waals surface area contributed by atoms with Gasteiger partial charge in [-0.2, -0.15) is 0 Å². The molecule has 0 N–H and O–H groups in total. The van der Waals surface area contributed by atoms with Crippen molar-refractivity contribution in [3.63, 3.8) is 0 Å². The van der Waals surface area contributed by atoms with E-state index in [1.807, 2.05) is 54.6 Å². The van der Waals surface area contributed by atoms with Crippen molar-refractivity contribution in [3.05, 3.63) is 150 Å². The highest BCUT2D eigenvalue weighted by atomic mass is 16.1. The third-order valence-electron chi connectivity index (χ3n) is 8.64. The summed E-state index contributed by atoms with van der Waals surface area (Å²) in [6.07, 6.45) is 0. The zero-order valence-electron chi connectivity index (χ0n) is 25.4. The van der Waals surface area contributed by atoms with E-state index in [-0.39, 0.29) is 5.69 Å². The molecule has 0 radical (unpaired) electrons. The van der Waals surface area contributed by atoms with Crippen molar-refractivity contribution in [2.45, 2.75) is 0 Å². The van der Waals surface area contributed by atoms with E-state index in [9.17, 15) is 4.79 Å². The fraction of sp³-hybridized carbons (Fsp3) is 0.0500. The van der Waals surface area contributed by atoms with E-state index in [0.717, 1.165) is 44.4 Å². The number of hydrogen-bond acceptors (Lipinski definition) is 4. The van der Waals surface area contributed by atoms with Crippen LogP contribution in [0.15, 0.2) is 144 Å². The van der Waals surface area contributed by atoms with Gasteiger partial charge >= 0.3 is 5.69 Å². The highest BCUT2D eigenvalue weighted by molar-refractivity contribution is 5.87. The summed E-state index contributed by atoms with van der Waals surface area (Å²) in [6, 6.07) is 47.7. The van der Waals surface area contributed by atoms with Crippen molar-refractivity contribution < 1.29 is 0 Å². The molecule has 0 atom stereocenters. The standard InChI is InChI=1S/C40H29N5O/c1-44-35-23-22-34(25-36(35)45(2)40(44)46)28-14-19-31(20-15-28)39-42-37(29-9-4-3-5-10-29)41-38(43-39)30-17-12-27(13-18-30)33-21-16-26-8-6-7-11-32(26)24-33/h3-25H,1-2H3. The number of aryl methyl sites for hydroxylation is 2.